The maximum Gasteiger partial charge on any atom is 0.291 e. The lowest BCUT2D eigenvalue weighted by atomic mass is 9.91. The molecule has 0 aliphatic heterocycles. The minimum atomic E-state index is -0.295. The van der Waals surface area contributed by atoms with E-state index < -0.39 is 0 Å². The highest BCUT2D eigenvalue weighted by atomic mass is 16.2. The third-order valence-electron chi connectivity index (χ3n) is 4.94. The lowest BCUT2D eigenvalue weighted by Gasteiger charge is -2.29. The molecule has 27 heavy (non-hydrogen) atoms. The normalized spacial score (nSPS) is 19.9. The van der Waals surface area contributed by atoms with Crippen LogP contribution in [0.2, 0.25) is 0 Å². The Balaban J connectivity index is 1.42. The average Bonchev–Trinajstić information content (AvgIpc) is 3.07. The summed E-state index contributed by atoms with van der Waals surface area (Å²) in [6, 6.07) is 5.17. The molecule has 9 heteroatoms. The summed E-state index contributed by atoms with van der Waals surface area (Å²) in [5.41, 5.74) is 1.63. The third-order valence-corrected chi connectivity index (χ3v) is 4.94. The summed E-state index contributed by atoms with van der Waals surface area (Å²) in [7, 11) is 0. The summed E-state index contributed by atoms with van der Waals surface area (Å²) >= 11 is 0. The van der Waals surface area contributed by atoms with Crippen molar-refractivity contribution in [2.24, 2.45) is 0 Å². The average molecular weight is 367 g/mol. The summed E-state index contributed by atoms with van der Waals surface area (Å²) in [6.45, 7) is 3.78. The molecule has 4 rings (SSSR count). The largest absolute Gasteiger partial charge is 0.347 e. The first-order valence-electron chi connectivity index (χ1n) is 9.07. The van der Waals surface area contributed by atoms with Gasteiger partial charge in [0.05, 0.1) is 6.04 Å². The van der Waals surface area contributed by atoms with Crippen molar-refractivity contribution in [1.82, 2.24) is 34.7 Å². The molecule has 1 fully saturated rings. The fourth-order valence-electron chi connectivity index (χ4n) is 3.62. The SMILES string of the molecule is Cc1cc(C)n2nc(C(=O)NC3CCC(n4ncccc4=O)CC3)nc2n1. The van der Waals surface area contributed by atoms with Crippen LogP contribution < -0.4 is 10.9 Å². The first kappa shape index (κ1) is 17.3. The molecule has 3 heterocycles. The Labute approximate surface area is 155 Å². The zero-order valence-corrected chi connectivity index (χ0v) is 15.3. The van der Waals surface area contributed by atoms with Crippen LogP contribution >= 0.6 is 0 Å². The van der Waals surface area contributed by atoms with Crippen molar-refractivity contribution in [3.63, 3.8) is 0 Å². The molecule has 1 N–H and O–H groups in total. The topological polar surface area (TPSA) is 107 Å². The van der Waals surface area contributed by atoms with Crippen LogP contribution in [-0.4, -0.2) is 41.3 Å². The van der Waals surface area contributed by atoms with E-state index in [0.29, 0.717) is 5.78 Å². The highest BCUT2D eigenvalue weighted by molar-refractivity contribution is 5.91. The number of aromatic nitrogens is 6. The van der Waals surface area contributed by atoms with Gasteiger partial charge in [-0.25, -0.2) is 14.2 Å². The summed E-state index contributed by atoms with van der Waals surface area (Å²) in [5, 5.41) is 11.4. The number of nitrogens with one attached hydrogen (secondary N) is 1. The molecule has 3 aromatic rings. The van der Waals surface area contributed by atoms with Gasteiger partial charge < -0.3 is 5.32 Å². The summed E-state index contributed by atoms with van der Waals surface area (Å²) < 4.78 is 3.12. The number of hydrogen-bond acceptors (Lipinski definition) is 6. The summed E-state index contributed by atoms with van der Waals surface area (Å²) in [5.74, 6) is 0.256. The van der Waals surface area contributed by atoms with Crippen molar-refractivity contribution in [1.29, 1.82) is 0 Å². The predicted molar refractivity (Wildman–Crippen MR) is 97.5 cm³/mol. The molecule has 0 bridgehead atoms. The number of rotatable bonds is 3. The van der Waals surface area contributed by atoms with Crippen molar-refractivity contribution in [2.45, 2.75) is 51.6 Å². The first-order chi connectivity index (χ1) is 13.0. The fraction of sp³-hybridized carbons (Fsp3) is 0.444. The van der Waals surface area contributed by atoms with Gasteiger partial charge in [-0.15, -0.1) is 5.10 Å². The molecule has 9 nitrogen and oxygen atoms in total. The van der Waals surface area contributed by atoms with E-state index in [-0.39, 0.29) is 29.4 Å². The Hall–Kier alpha value is -3.10. The van der Waals surface area contributed by atoms with Gasteiger partial charge in [0, 0.05) is 29.7 Å². The van der Waals surface area contributed by atoms with E-state index in [1.165, 1.54) is 6.07 Å². The zero-order chi connectivity index (χ0) is 19.0. The zero-order valence-electron chi connectivity index (χ0n) is 15.3. The molecule has 0 aromatic carbocycles. The number of hydrogen-bond donors (Lipinski definition) is 1. The van der Waals surface area contributed by atoms with Gasteiger partial charge in [0.25, 0.3) is 17.2 Å². The molecule has 140 valence electrons. The lowest BCUT2D eigenvalue weighted by molar-refractivity contribution is 0.0911. The van der Waals surface area contributed by atoms with E-state index in [0.717, 1.165) is 37.1 Å². The van der Waals surface area contributed by atoms with Gasteiger partial charge in [-0.2, -0.15) is 10.1 Å². The quantitative estimate of drug-likeness (QED) is 0.746. The molecular formula is C18H21N7O2. The monoisotopic (exact) mass is 367 g/mol. The van der Waals surface area contributed by atoms with E-state index in [1.807, 2.05) is 19.9 Å². The van der Waals surface area contributed by atoms with E-state index in [9.17, 15) is 9.59 Å². The number of amides is 1. The first-order valence-corrected chi connectivity index (χ1v) is 9.07. The number of fused-ring (bicyclic) bond motifs is 1. The highest BCUT2D eigenvalue weighted by Crippen LogP contribution is 2.26. The van der Waals surface area contributed by atoms with Crippen LogP contribution in [0.15, 0.2) is 29.2 Å². The van der Waals surface area contributed by atoms with Crippen LogP contribution in [-0.2, 0) is 0 Å². The standard InChI is InChI=1S/C18H21N7O2/c1-11-10-12(2)24-18(20-11)22-16(23-24)17(27)21-13-5-7-14(8-6-13)25-15(26)4-3-9-19-25/h3-4,9-10,13-14H,5-8H2,1-2H3,(H,21,27). The van der Waals surface area contributed by atoms with Crippen LogP contribution in [0, 0.1) is 13.8 Å². The van der Waals surface area contributed by atoms with Crippen molar-refractivity contribution in [3.8, 4) is 0 Å². The number of aryl methyl sites for hydroxylation is 2. The minimum Gasteiger partial charge on any atom is -0.347 e. The second-order valence-corrected chi connectivity index (χ2v) is 6.97. The second kappa shape index (κ2) is 6.90. The van der Waals surface area contributed by atoms with Crippen LogP contribution in [0.1, 0.15) is 53.7 Å². The van der Waals surface area contributed by atoms with Gasteiger partial charge >= 0.3 is 0 Å². The second-order valence-electron chi connectivity index (χ2n) is 6.97. The van der Waals surface area contributed by atoms with E-state index in [2.05, 4.69) is 25.5 Å². The maximum absolute atomic E-state index is 12.5. The van der Waals surface area contributed by atoms with Crippen molar-refractivity contribution >= 4 is 11.7 Å². The van der Waals surface area contributed by atoms with Crippen LogP contribution in [0.3, 0.4) is 0 Å². The van der Waals surface area contributed by atoms with Crippen LogP contribution in [0.4, 0.5) is 0 Å². The lowest BCUT2D eigenvalue weighted by Crippen LogP contribution is -2.39. The summed E-state index contributed by atoms with van der Waals surface area (Å²) in [4.78, 5) is 33.0. The Bertz CT molecular complexity index is 1050. The maximum atomic E-state index is 12.5. The molecule has 0 spiro atoms. The molecule has 0 atom stereocenters. The Morgan fingerprint density at radius 2 is 1.96 bits per heavy atom. The third kappa shape index (κ3) is 3.44. The number of nitrogens with zero attached hydrogens (tertiary/aromatic N) is 6. The molecule has 1 amide bonds. The van der Waals surface area contributed by atoms with E-state index >= 15 is 0 Å². The number of carbonyl (C=O) groups excluding carboxylic acids is 1. The fourth-order valence-corrected chi connectivity index (χ4v) is 3.62. The van der Waals surface area contributed by atoms with Crippen LogP contribution in [0.5, 0.6) is 0 Å². The van der Waals surface area contributed by atoms with Crippen molar-refractivity contribution in [2.75, 3.05) is 0 Å². The van der Waals surface area contributed by atoms with Gasteiger partial charge in [-0.05, 0) is 51.7 Å². The molecule has 0 radical (unpaired) electrons. The predicted octanol–water partition coefficient (Wildman–Crippen LogP) is 1.21. The van der Waals surface area contributed by atoms with Crippen molar-refractivity contribution < 1.29 is 4.79 Å². The van der Waals surface area contributed by atoms with Gasteiger partial charge in [-0.1, -0.05) is 0 Å². The molecule has 1 aliphatic rings. The molecular weight excluding hydrogens is 346 g/mol. The Morgan fingerprint density at radius 1 is 1.19 bits per heavy atom. The Morgan fingerprint density at radius 3 is 2.70 bits per heavy atom. The highest BCUT2D eigenvalue weighted by Gasteiger charge is 2.26. The van der Waals surface area contributed by atoms with Crippen LogP contribution in [0.25, 0.3) is 5.78 Å². The van der Waals surface area contributed by atoms with Gasteiger partial charge in [-0.3, -0.25) is 9.59 Å². The molecule has 1 aliphatic carbocycles. The summed E-state index contributed by atoms with van der Waals surface area (Å²) in [6.07, 6.45) is 4.77. The minimum absolute atomic E-state index is 0.0376. The smallest absolute Gasteiger partial charge is 0.291 e. The molecule has 0 saturated heterocycles. The molecule has 0 unspecified atom stereocenters. The molecule has 1 saturated carbocycles. The molecule has 3 aromatic heterocycles. The van der Waals surface area contributed by atoms with Gasteiger partial charge in [0.15, 0.2) is 0 Å². The Kier molecular flexibility index (Phi) is 4.43. The van der Waals surface area contributed by atoms with Gasteiger partial charge in [0.2, 0.25) is 5.82 Å². The van der Waals surface area contributed by atoms with E-state index in [4.69, 9.17) is 0 Å². The van der Waals surface area contributed by atoms with Crippen molar-refractivity contribution in [3.05, 3.63) is 52.0 Å². The van der Waals surface area contributed by atoms with E-state index in [1.54, 1.807) is 21.5 Å². The number of carbonyl (C=O) groups is 1. The van der Waals surface area contributed by atoms with Gasteiger partial charge in [0.1, 0.15) is 0 Å².